The molecular formula is C19H22N2O3. The van der Waals surface area contributed by atoms with Gasteiger partial charge in [0.15, 0.2) is 0 Å². The van der Waals surface area contributed by atoms with E-state index < -0.39 is 0 Å². The number of rotatable bonds is 5. The first-order valence-corrected chi connectivity index (χ1v) is 7.91. The molecule has 0 aliphatic rings. The van der Waals surface area contributed by atoms with Crippen molar-refractivity contribution in [2.75, 3.05) is 11.9 Å². The minimum Gasteiger partial charge on any atom is -0.462 e. The average molecular weight is 326 g/mol. The third-order valence-electron chi connectivity index (χ3n) is 3.66. The van der Waals surface area contributed by atoms with Gasteiger partial charge in [-0.1, -0.05) is 24.3 Å². The summed E-state index contributed by atoms with van der Waals surface area (Å²) in [6.45, 7) is 6.04. The molecule has 1 atom stereocenters. The lowest BCUT2D eigenvalue weighted by atomic mass is 10.0. The fraction of sp³-hybridized carbons (Fsp3) is 0.263. The minimum absolute atomic E-state index is 0.106. The van der Waals surface area contributed by atoms with Crippen LogP contribution in [0.2, 0.25) is 0 Å². The largest absolute Gasteiger partial charge is 0.462 e. The van der Waals surface area contributed by atoms with Crippen molar-refractivity contribution < 1.29 is 14.3 Å². The predicted molar refractivity (Wildman–Crippen MR) is 94.1 cm³/mol. The summed E-state index contributed by atoms with van der Waals surface area (Å²) >= 11 is 0. The van der Waals surface area contributed by atoms with E-state index in [1.165, 1.54) is 0 Å². The van der Waals surface area contributed by atoms with E-state index in [0.29, 0.717) is 17.9 Å². The summed E-state index contributed by atoms with van der Waals surface area (Å²) in [5.41, 5.74) is 3.27. The van der Waals surface area contributed by atoms with Crippen molar-refractivity contribution in [2.24, 2.45) is 0 Å². The maximum Gasteiger partial charge on any atom is 0.338 e. The third kappa shape index (κ3) is 4.59. The van der Waals surface area contributed by atoms with Crippen LogP contribution >= 0.6 is 0 Å². The van der Waals surface area contributed by atoms with E-state index in [9.17, 15) is 9.59 Å². The zero-order chi connectivity index (χ0) is 17.5. The highest BCUT2D eigenvalue weighted by Crippen LogP contribution is 2.17. The quantitative estimate of drug-likeness (QED) is 0.814. The van der Waals surface area contributed by atoms with Crippen LogP contribution in [0.3, 0.4) is 0 Å². The fourth-order valence-electron chi connectivity index (χ4n) is 2.42. The van der Waals surface area contributed by atoms with Crippen LogP contribution in [0.1, 0.15) is 41.4 Å². The molecule has 0 saturated carbocycles. The second kappa shape index (κ2) is 8.15. The van der Waals surface area contributed by atoms with E-state index in [4.69, 9.17) is 4.74 Å². The highest BCUT2D eigenvalue weighted by molar-refractivity contribution is 5.92. The van der Waals surface area contributed by atoms with E-state index >= 15 is 0 Å². The number of anilines is 1. The van der Waals surface area contributed by atoms with Crippen LogP contribution in [0, 0.1) is 6.92 Å². The Labute approximate surface area is 142 Å². The first kappa shape index (κ1) is 17.5. The summed E-state index contributed by atoms with van der Waals surface area (Å²) in [5, 5.41) is 5.66. The lowest BCUT2D eigenvalue weighted by molar-refractivity contribution is 0.0526. The molecule has 2 aromatic rings. The second-order valence-corrected chi connectivity index (χ2v) is 5.47. The Morgan fingerprint density at radius 1 is 1.08 bits per heavy atom. The van der Waals surface area contributed by atoms with Gasteiger partial charge in [0, 0.05) is 5.69 Å². The van der Waals surface area contributed by atoms with Crippen molar-refractivity contribution >= 4 is 17.7 Å². The van der Waals surface area contributed by atoms with Crippen LogP contribution in [-0.4, -0.2) is 18.6 Å². The Bertz CT molecular complexity index is 711. The van der Waals surface area contributed by atoms with Crippen molar-refractivity contribution in [1.82, 2.24) is 5.32 Å². The van der Waals surface area contributed by atoms with Crippen LogP contribution in [-0.2, 0) is 4.74 Å². The van der Waals surface area contributed by atoms with E-state index in [0.717, 1.165) is 11.1 Å². The SMILES string of the molecule is CCOC(=O)c1ccc(NC(=O)NC(C)c2ccccc2C)cc1. The standard InChI is InChI=1S/C19H22N2O3/c1-4-24-18(22)15-9-11-16(12-10-15)21-19(23)20-14(3)17-8-6-5-7-13(17)2/h5-12,14H,4H2,1-3H3,(H2,20,21,23). The first-order valence-electron chi connectivity index (χ1n) is 7.91. The van der Waals surface area contributed by atoms with Gasteiger partial charge >= 0.3 is 12.0 Å². The van der Waals surface area contributed by atoms with Gasteiger partial charge in [-0.05, 0) is 56.2 Å². The average Bonchev–Trinajstić information content (AvgIpc) is 2.56. The summed E-state index contributed by atoms with van der Waals surface area (Å²) in [7, 11) is 0. The molecule has 24 heavy (non-hydrogen) atoms. The number of benzene rings is 2. The number of carbonyl (C=O) groups is 2. The third-order valence-corrected chi connectivity index (χ3v) is 3.66. The smallest absolute Gasteiger partial charge is 0.338 e. The van der Waals surface area contributed by atoms with Gasteiger partial charge in [-0.25, -0.2) is 9.59 Å². The summed E-state index contributed by atoms with van der Waals surface area (Å²) in [6.07, 6.45) is 0. The van der Waals surface area contributed by atoms with Crippen molar-refractivity contribution in [3.05, 3.63) is 65.2 Å². The minimum atomic E-state index is -0.373. The Kier molecular flexibility index (Phi) is 5.95. The van der Waals surface area contributed by atoms with Crippen molar-refractivity contribution in [1.29, 1.82) is 0 Å². The summed E-state index contributed by atoms with van der Waals surface area (Å²) in [6, 6.07) is 14.1. The second-order valence-electron chi connectivity index (χ2n) is 5.47. The van der Waals surface area contributed by atoms with E-state index in [-0.39, 0.29) is 18.0 Å². The Morgan fingerprint density at radius 3 is 2.38 bits per heavy atom. The number of hydrogen-bond acceptors (Lipinski definition) is 3. The van der Waals surface area contributed by atoms with Crippen molar-refractivity contribution in [2.45, 2.75) is 26.8 Å². The van der Waals surface area contributed by atoms with E-state index in [2.05, 4.69) is 10.6 Å². The molecule has 2 rings (SSSR count). The normalized spacial score (nSPS) is 11.5. The molecule has 5 nitrogen and oxygen atoms in total. The number of amides is 2. The highest BCUT2D eigenvalue weighted by atomic mass is 16.5. The van der Waals surface area contributed by atoms with E-state index in [1.54, 1.807) is 31.2 Å². The van der Waals surface area contributed by atoms with Crippen LogP contribution in [0.15, 0.2) is 48.5 Å². The fourth-order valence-corrected chi connectivity index (χ4v) is 2.42. The van der Waals surface area contributed by atoms with Crippen LogP contribution in [0.4, 0.5) is 10.5 Å². The molecule has 0 aliphatic carbocycles. The topological polar surface area (TPSA) is 67.4 Å². The molecule has 1 unspecified atom stereocenters. The van der Waals surface area contributed by atoms with Gasteiger partial charge < -0.3 is 15.4 Å². The molecule has 2 aromatic carbocycles. The van der Waals surface area contributed by atoms with Gasteiger partial charge in [-0.2, -0.15) is 0 Å². The summed E-state index contributed by atoms with van der Waals surface area (Å²) < 4.78 is 4.92. The van der Waals surface area contributed by atoms with Crippen LogP contribution in [0.5, 0.6) is 0 Å². The van der Waals surface area contributed by atoms with Gasteiger partial charge in [0.05, 0.1) is 18.2 Å². The van der Waals surface area contributed by atoms with Crippen molar-refractivity contribution in [3.63, 3.8) is 0 Å². The van der Waals surface area contributed by atoms with Crippen LogP contribution in [0.25, 0.3) is 0 Å². The van der Waals surface area contributed by atoms with Gasteiger partial charge in [-0.3, -0.25) is 0 Å². The molecule has 0 spiro atoms. The molecule has 0 fully saturated rings. The lowest BCUT2D eigenvalue weighted by Crippen LogP contribution is -2.31. The number of nitrogens with one attached hydrogen (secondary N) is 2. The zero-order valence-corrected chi connectivity index (χ0v) is 14.1. The molecule has 5 heteroatoms. The van der Waals surface area contributed by atoms with Gasteiger partial charge in [-0.15, -0.1) is 0 Å². The number of ether oxygens (including phenoxy) is 1. The highest BCUT2D eigenvalue weighted by Gasteiger charge is 2.12. The zero-order valence-electron chi connectivity index (χ0n) is 14.1. The Hall–Kier alpha value is -2.82. The maximum atomic E-state index is 12.1. The molecule has 0 aliphatic heterocycles. The molecular weight excluding hydrogens is 304 g/mol. The Morgan fingerprint density at radius 2 is 1.75 bits per heavy atom. The maximum absolute atomic E-state index is 12.1. The lowest BCUT2D eigenvalue weighted by Gasteiger charge is -2.17. The monoisotopic (exact) mass is 326 g/mol. The van der Waals surface area contributed by atoms with E-state index in [1.807, 2.05) is 38.1 Å². The number of aryl methyl sites for hydroxylation is 1. The van der Waals surface area contributed by atoms with Gasteiger partial charge in [0.1, 0.15) is 0 Å². The summed E-state index contributed by atoms with van der Waals surface area (Å²) in [5.74, 6) is -0.373. The number of urea groups is 1. The summed E-state index contributed by atoms with van der Waals surface area (Å²) in [4.78, 5) is 23.7. The predicted octanol–water partition coefficient (Wildman–Crippen LogP) is 4.05. The number of hydrogen-bond donors (Lipinski definition) is 2. The molecule has 0 heterocycles. The van der Waals surface area contributed by atoms with Crippen LogP contribution < -0.4 is 10.6 Å². The molecule has 0 bridgehead atoms. The number of esters is 1. The first-order chi connectivity index (χ1) is 11.5. The van der Waals surface area contributed by atoms with Crippen molar-refractivity contribution in [3.8, 4) is 0 Å². The molecule has 126 valence electrons. The molecule has 0 aromatic heterocycles. The molecule has 2 N–H and O–H groups in total. The van der Waals surface area contributed by atoms with Gasteiger partial charge in [0.2, 0.25) is 0 Å². The molecule has 0 saturated heterocycles. The number of carbonyl (C=O) groups excluding carboxylic acids is 2. The Balaban J connectivity index is 1.95. The van der Waals surface area contributed by atoms with Gasteiger partial charge in [0.25, 0.3) is 0 Å². The molecule has 0 radical (unpaired) electrons. The molecule has 2 amide bonds.